The Bertz CT molecular complexity index is 433. The molecule has 1 nitrogen and oxygen atoms in total. The van der Waals surface area contributed by atoms with Gasteiger partial charge in [-0.3, -0.25) is 0 Å². The van der Waals surface area contributed by atoms with Crippen molar-refractivity contribution in [3.05, 3.63) is 35.4 Å². The van der Waals surface area contributed by atoms with Crippen LogP contribution in [0.25, 0.3) is 0 Å². The molecule has 1 aliphatic carbocycles. The second-order valence-corrected chi connectivity index (χ2v) is 5.13. The number of halogens is 3. The van der Waals surface area contributed by atoms with Crippen LogP contribution >= 0.6 is 0 Å². The number of rotatable bonds is 1. The summed E-state index contributed by atoms with van der Waals surface area (Å²) in [4.78, 5) is 0. The zero-order chi connectivity index (χ0) is 12.1. The van der Waals surface area contributed by atoms with Crippen LogP contribution in [0.1, 0.15) is 29.9 Å². The molecule has 2 aliphatic rings. The lowest BCUT2D eigenvalue weighted by molar-refractivity contribution is -0.138. The summed E-state index contributed by atoms with van der Waals surface area (Å²) in [5, 5.41) is 3.25. The van der Waals surface area contributed by atoms with E-state index in [-0.39, 0.29) is 11.3 Å². The second-order valence-electron chi connectivity index (χ2n) is 5.13. The minimum absolute atomic E-state index is 0.0929. The first kappa shape index (κ1) is 11.1. The minimum Gasteiger partial charge on any atom is -0.316 e. The van der Waals surface area contributed by atoms with Gasteiger partial charge in [0.2, 0.25) is 0 Å². The SMILES string of the molecule is FC(F)(F)c1ccccc1[C@@H]1CC12CCNC2. The van der Waals surface area contributed by atoms with Crippen molar-refractivity contribution in [3.8, 4) is 0 Å². The maximum atomic E-state index is 12.9. The van der Waals surface area contributed by atoms with Crippen molar-refractivity contribution in [1.29, 1.82) is 0 Å². The van der Waals surface area contributed by atoms with Crippen LogP contribution in [-0.2, 0) is 6.18 Å². The van der Waals surface area contributed by atoms with Crippen LogP contribution in [0, 0.1) is 5.41 Å². The van der Waals surface area contributed by atoms with Crippen molar-refractivity contribution in [2.75, 3.05) is 13.1 Å². The molecule has 2 atom stereocenters. The highest BCUT2D eigenvalue weighted by Gasteiger charge is 2.57. The smallest absolute Gasteiger partial charge is 0.316 e. The third-order valence-electron chi connectivity index (χ3n) is 4.11. The molecule has 0 amide bonds. The number of hydrogen-bond acceptors (Lipinski definition) is 1. The molecule has 17 heavy (non-hydrogen) atoms. The van der Waals surface area contributed by atoms with E-state index in [0.717, 1.165) is 25.9 Å². The van der Waals surface area contributed by atoms with E-state index in [1.54, 1.807) is 12.1 Å². The Kier molecular flexibility index (Phi) is 2.27. The molecule has 1 unspecified atom stereocenters. The maximum absolute atomic E-state index is 12.9. The minimum atomic E-state index is -4.23. The molecule has 1 N–H and O–H groups in total. The van der Waals surface area contributed by atoms with E-state index >= 15 is 0 Å². The van der Waals surface area contributed by atoms with E-state index < -0.39 is 11.7 Å². The molecule has 1 aromatic rings. The molecular weight excluding hydrogens is 227 g/mol. The van der Waals surface area contributed by atoms with Crippen molar-refractivity contribution >= 4 is 0 Å². The van der Waals surface area contributed by atoms with Crippen molar-refractivity contribution < 1.29 is 13.2 Å². The van der Waals surface area contributed by atoms with Gasteiger partial charge >= 0.3 is 6.18 Å². The zero-order valence-electron chi connectivity index (χ0n) is 9.35. The molecule has 0 radical (unpaired) electrons. The summed E-state index contributed by atoms with van der Waals surface area (Å²) >= 11 is 0. The Balaban J connectivity index is 1.94. The number of benzene rings is 1. The Morgan fingerprint density at radius 3 is 2.65 bits per heavy atom. The third-order valence-corrected chi connectivity index (χ3v) is 4.11. The van der Waals surface area contributed by atoms with Gasteiger partial charge < -0.3 is 5.32 Å². The molecule has 2 fully saturated rings. The molecule has 4 heteroatoms. The van der Waals surface area contributed by atoms with Gasteiger partial charge in [-0.15, -0.1) is 0 Å². The standard InChI is InChI=1S/C13H14F3N/c14-13(15,16)10-4-2-1-3-9(10)11-7-12(11)5-6-17-8-12/h1-4,11,17H,5-8H2/t11-,12?/m0/s1. The van der Waals surface area contributed by atoms with Gasteiger partial charge in [0.05, 0.1) is 5.56 Å². The van der Waals surface area contributed by atoms with E-state index in [1.807, 2.05) is 0 Å². The molecule has 1 saturated carbocycles. The van der Waals surface area contributed by atoms with Crippen LogP contribution in [0.4, 0.5) is 13.2 Å². The molecule has 1 aliphatic heterocycles. The van der Waals surface area contributed by atoms with E-state index in [1.165, 1.54) is 12.1 Å². The molecular formula is C13H14F3N. The molecule has 0 aromatic heterocycles. The topological polar surface area (TPSA) is 12.0 Å². The third kappa shape index (κ3) is 1.75. The van der Waals surface area contributed by atoms with Gasteiger partial charge in [0.25, 0.3) is 0 Å². The van der Waals surface area contributed by atoms with Crippen LogP contribution in [-0.4, -0.2) is 13.1 Å². The number of nitrogens with one attached hydrogen (secondary N) is 1. The fourth-order valence-electron chi connectivity index (χ4n) is 3.08. The van der Waals surface area contributed by atoms with Gasteiger partial charge in [-0.05, 0) is 42.3 Å². The van der Waals surface area contributed by atoms with Crippen LogP contribution in [0.5, 0.6) is 0 Å². The summed E-state index contributed by atoms with van der Waals surface area (Å²) in [5.41, 5.74) is 0.152. The van der Waals surface area contributed by atoms with Crippen LogP contribution in [0.15, 0.2) is 24.3 Å². The Labute approximate surface area is 98.0 Å². The average Bonchev–Trinajstić information content (AvgIpc) is 2.75. The lowest BCUT2D eigenvalue weighted by atomic mass is 9.95. The van der Waals surface area contributed by atoms with Crippen molar-refractivity contribution in [1.82, 2.24) is 5.32 Å². The summed E-state index contributed by atoms with van der Waals surface area (Å²) in [6, 6.07) is 6.01. The highest BCUT2D eigenvalue weighted by atomic mass is 19.4. The Hall–Kier alpha value is -1.03. The Morgan fingerprint density at radius 2 is 2.00 bits per heavy atom. The summed E-state index contributed by atoms with van der Waals surface area (Å²) in [5.74, 6) is 0.0929. The monoisotopic (exact) mass is 241 g/mol. The quantitative estimate of drug-likeness (QED) is 0.796. The maximum Gasteiger partial charge on any atom is 0.416 e. The molecule has 92 valence electrons. The highest BCUT2D eigenvalue weighted by molar-refractivity contribution is 5.39. The zero-order valence-corrected chi connectivity index (χ0v) is 9.35. The fourth-order valence-corrected chi connectivity index (χ4v) is 3.08. The van der Waals surface area contributed by atoms with Crippen LogP contribution < -0.4 is 5.32 Å². The lowest BCUT2D eigenvalue weighted by Crippen LogP contribution is -2.13. The van der Waals surface area contributed by atoms with Crippen molar-refractivity contribution in [2.45, 2.75) is 24.9 Å². The first-order valence-corrected chi connectivity index (χ1v) is 5.90. The summed E-state index contributed by atoms with van der Waals surface area (Å²) < 4.78 is 38.7. The highest BCUT2D eigenvalue weighted by Crippen LogP contribution is 2.63. The molecule has 1 saturated heterocycles. The number of alkyl halides is 3. The van der Waals surface area contributed by atoms with E-state index in [2.05, 4.69) is 5.32 Å². The normalized spacial score (nSPS) is 32.1. The molecule has 1 heterocycles. The molecule has 1 aromatic carbocycles. The predicted octanol–water partition coefficient (Wildman–Crippen LogP) is 3.17. The second kappa shape index (κ2) is 3.48. The van der Waals surface area contributed by atoms with Gasteiger partial charge in [0.15, 0.2) is 0 Å². The van der Waals surface area contributed by atoms with E-state index in [9.17, 15) is 13.2 Å². The van der Waals surface area contributed by atoms with Gasteiger partial charge in [-0.1, -0.05) is 18.2 Å². The molecule has 3 rings (SSSR count). The summed E-state index contributed by atoms with van der Waals surface area (Å²) in [6.07, 6.45) is -2.33. The number of hydrogen-bond donors (Lipinski definition) is 1. The van der Waals surface area contributed by atoms with Gasteiger partial charge in [0.1, 0.15) is 0 Å². The van der Waals surface area contributed by atoms with Crippen molar-refractivity contribution in [2.24, 2.45) is 5.41 Å². The van der Waals surface area contributed by atoms with Crippen LogP contribution in [0.3, 0.4) is 0 Å². The van der Waals surface area contributed by atoms with Crippen LogP contribution in [0.2, 0.25) is 0 Å². The van der Waals surface area contributed by atoms with Gasteiger partial charge in [-0.25, -0.2) is 0 Å². The lowest BCUT2D eigenvalue weighted by Gasteiger charge is -2.14. The summed E-state index contributed by atoms with van der Waals surface area (Å²) in [6.45, 7) is 1.80. The first-order chi connectivity index (χ1) is 8.03. The summed E-state index contributed by atoms with van der Waals surface area (Å²) in [7, 11) is 0. The Morgan fingerprint density at radius 1 is 1.24 bits per heavy atom. The molecule has 1 spiro atoms. The van der Waals surface area contributed by atoms with E-state index in [4.69, 9.17) is 0 Å². The fraction of sp³-hybridized carbons (Fsp3) is 0.538. The average molecular weight is 241 g/mol. The van der Waals surface area contributed by atoms with E-state index in [0.29, 0.717) is 5.56 Å². The predicted molar refractivity (Wildman–Crippen MR) is 58.7 cm³/mol. The largest absolute Gasteiger partial charge is 0.416 e. The molecule has 0 bridgehead atoms. The first-order valence-electron chi connectivity index (χ1n) is 5.90. The van der Waals surface area contributed by atoms with Gasteiger partial charge in [0, 0.05) is 6.54 Å². The van der Waals surface area contributed by atoms with Gasteiger partial charge in [-0.2, -0.15) is 13.2 Å². The van der Waals surface area contributed by atoms with Crippen molar-refractivity contribution in [3.63, 3.8) is 0 Å².